The molecule has 15 heavy (non-hydrogen) atoms. The Labute approximate surface area is 93.6 Å². The Kier molecular flexibility index (Phi) is 3.65. The van der Waals surface area contributed by atoms with Gasteiger partial charge in [-0.3, -0.25) is 4.79 Å². The number of carboxylic acid groups (broad SMARTS) is 1. The summed E-state index contributed by atoms with van der Waals surface area (Å²) in [6.07, 6.45) is 0. The standard InChI is InChI=1S/C9H9BrFNO3/c10-5-1-2-6(13)7(8(5)11)4(3-12)9(14)15/h1-2,4,13H,3,12H2,(H,14,15). The van der Waals surface area contributed by atoms with Crippen molar-refractivity contribution in [1.29, 1.82) is 0 Å². The minimum Gasteiger partial charge on any atom is -0.508 e. The number of benzene rings is 1. The molecule has 1 unspecified atom stereocenters. The van der Waals surface area contributed by atoms with Crippen LogP contribution in [0.1, 0.15) is 11.5 Å². The van der Waals surface area contributed by atoms with Gasteiger partial charge in [0.05, 0.1) is 4.47 Å². The van der Waals surface area contributed by atoms with Crippen LogP contribution in [0.4, 0.5) is 4.39 Å². The van der Waals surface area contributed by atoms with Crippen molar-refractivity contribution in [3.05, 3.63) is 28.0 Å². The predicted molar refractivity (Wildman–Crippen MR) is 55.2 cm³/mol. The molecule has 0 radical (unpaired) electrons. The van der Waals surface area contributed by atoms with E-state index < -0.39 is 23.5 Å². The summed E-state index contributed by atoms with van der Waals surface area (Å²) in [5.74, 6) is -3.73. The maximum Gasteiger partial charge on any atom is 0.312 e. The summed E-state index contributed by atoms with van der Waals surface area (Å²) in [5, 5.41) is 18.2. The molecule has 1 aromatic carbocycles. The monoisotopic (exact) mass is 277 g/mol. The molecular formula is C9H9BrFNO3. The first kappa shape index (κ1) is 11.9. The van der Waals surface area contributed by atoms with Crippen LogP contribution in [-0.2, 0) is 4.79 Å². The summed E-state index contributed by atoms with van der Waals surface area (Å²) < 4.78 is 13.6. The Morgan fingerprint density at radius 1 is 1.60 bits per heavy atom. The van der Waals surface area contributed by atoms with Crippen LogP contribution in [0, 0.1) is 5.82 Å². The molecule has 0 saturated carbocycles. The molecule has 0 aliphatic carbocycles. The summed E-state index contributed by atoms with van der Waals surface area (Å²) in [4.78, 5) is 10.8. The molecule has 0 aliphatic rings. The Hall–Kier alpha value is -1.14. The Morgan fingerprint density at radius 2 is 2.20 bits per heavy atom. The fourth-order valence-electron chi connectivity index (χ4n) is 1.23. The number of aromatic hydroxyl groups is 1. The van der Waals surface area contributed by atoms with Gasteiger partial charge < -0.3 is 15.9 Å². The van der Waals surface area contributed by atoms with Gasteiger partial charge in [0, 0.05) is 12.1 Å². The lowest BCUT2D eigenvalue weighted by molar-refractivity contribution is -0.138. The number of carbonyl (C=O) groups is 1. The maximum atomic E-state index is 13.5. The second kappa shape index (κ2) is 4.59. The van der Waals surface area contributed by atoms with Crippen molar-refractivity contribution >= 4 is 21.9 Å². The van der Waals surface area contributed by atoms with Crippen LogP contribution in [0.2, 0.25) is 0 Å². The van der Waals surface area contributed by atoms with Crippen LogP contribution in [0.5, 0.6) is 5.75 Å². The third-order valence-corrected chi connectivity index (χ3v) is 2.60. The number of hydrogen-bond acceptors (Lipinski definition) is 3. The molecule has 0 amide bonds. The molecule has 0 aromatic heterocycles. The number of halogens is 2. The molecule has 1 aromatic rings. The van der Waals surface area contributed by atoms with Gasteiger partial charge in [0.15, 0.2) is 0 Å². The van der Waals surface area contributed by atoms with Gasteiger partial charge in [-0.1, -0.05) is 0 Å². The van der Waals surface area contributed by atoms with E-state index >= 15 is 0 Å². The molecule has 0 saturated heterocycles. The van der Waals surface area contributed by atoms with E-state index in [9.17, 15) is 14.3 Å². The molecule has 4 N–H and O–H groups in total. The fourth-order valence-corrected chi connectivity index (χ4v) is 1.58. The molecule has 82 valence electrons. The van der Waals surface area contributed by atoms with E-state index in [4.69, 9.17) is 10.8 Å². The highest BCUT2D eigenvalue weighted by molar-refractivity contribution is 9.10. The Bertz CT molecular complexity index is 397. The lowest BCUT2D eigenvalue weighted by Crippen LogP contribution is -2.22. The Balaban J connectivity index is 3.34. The summed E-state index contributed by atoms with van der Waals surface area (Å²) in [5.41, 5.74) is 4.93. The summed E-state index contributed by atoms with van der Waals surface area (Å²) in [6, 6.07) is 2.51. The van der Waals surface area contributed by atoms with Gasteiger partial charge in [-0.15, -0.1) is 0 Å². The average Bonchev–Trinajstić information content (AvgIpc) is 2.18. The second-order valence-corrected chi connectivity index (χ2v) is 3.78. The second-order valence-electron chi connectivity index (χ2n) is 2.92. The van der Waals surface area contributed by atoms with Gasteiger partial charge in [0.25, 0.3) is 0 Å². The predicted octanol–water partition coefficient (Wildman–Crippen LogP) is 1.42. The summed E-state index contributed by atoms with van der Waals surface area (Å²) in [7, 11) is 0. The minimum atomic E-state index is -1.27. The highest BCUT2D eigenvalue weighted by Gasteiger charge is 2.26. The topological polar surface area (TPSA) is 83.6 Å². The van der Waals surface area contributed by atoms with Gasteiger partial charge in [-0.05, 0) is 28.1 Å². The highest BCUT2D eigenvalue weighted by Crippen LogP contribution is 2.32. The zero-order chi connectivity index (χ0) is 11.6. The molecule has 0 fully saturated rings. The molecular weight excluding hydrogens is 269 g/mol. The quantitative estimate of drug-likeness (QED) is 0.780. The van der Waals surface area contributed by atoms with Gasteiger partial charge in [0.1, 0.15) is 17.5 Å². The van der Waals surface area contributed by atoms with Crippen molar-refractivity contribution in [2.45, 2.75) is 5.92 Å². The fraction of sp³-hybridized carbons (Fsp3) is 0.222. The van der Waals surface area contributed by atoms with Crippen LogP contribution < -0.4 is 5.73 Å². The number of nitrogens with two attached hydrogens (primary N) is 1. The van der Waals surface area contributed by atoms with Gasteiger partial charge in [0.2, 0.25) is 0 Å². The van der Waals surface area contributed by atoms with E-state index in [1.807, 2.05) is 0 Å². The summed E-state index contributed by atoms with van der Waals surface area (Å²) >= 11 is 2.91. The number of hydrogen-bond donors (Lipinski definition) is 3. The Morgan fingerprint density at radius 3 is 2.67 bits per heavy atom. The van der Waals surface area contributed by atoms with Gasteiger partial charge >= 0.3 is 5.97 Å². The smallest absolute Gasteiger partial charge is 0.312 e. The first-order chi connectivity index (χ1) is 6.99. The lowest BCUT2D eigenvalue weighted by atomic mass is 9.98. The largest absolute Gasteiger partial charge is 0.508 e. The van der Waals surface area contributed by atoms with E-state index in [-0.39, 0.29) is 16.6 Å². The van der Waals surface area contributed by atoms with Crippen molar-refractivity contribution < 1.29 is 19.4 Å². The molecule has 1 atom stereocenters. The van der Waals surface area contributed by atoms with Crippen molar-refractivity contribution in [2.75, 3.05) is 6.54 Å². The van der Waals surface area contributed by atoms with Crippen molar-refractivity contribution in [3.8, 4) is 5.75 Å². The molecule has 1 rings (SSSR count). The van der Waals surface area contributed by atoms with Crippen molar-refractivity contribution in [1.82, 2.24) is 0 Å². The van der Waals surface area contributed by atoms with E-state index in [1.165, 1.54) is 12.1 Å². The first-order valence-electron chi connectivity index (χ1n) is 4.08. The average molecular weight is 278 g/mol. The van der Waals surface area contributed by atoms with Crippen LogP contribution in [0.15, 0.2) is 16.6 Å². The van der Waals surface area contributed by atoms with Crippen LogP contribution in [0.3, 0.4) is 0 Å². The summed E-state index contributed by atoms with van der Waals surface area (Å²) in [6.45, 7) is -0.281. The SMILES string of the molecule is NCC(C(=O)O)c1c(O)ccc(Br)c1F. The number of rotatable bonds is 3. The van der Waals surface area contributed by atoms with E-state index in [0.717, 1.165) is 0 Å². The number of phenols is 1. The zero-order valence-electron chi connectivity index (χ0n) is 7.58. The number of aliphatic carboxylic acids is 1. The molecule has 0 heterocycles. The van der Waals surface area contributed by atoms with Crippen molar-refractivity contribution in [2.24, 2.45) is 5.73 Å². The third kappa shape index (κ3) is 2.27. The zero-order valence-corrected chi connectivity index (χ0v) is 9.16. The molecule has 4 nitrogen and oxygen atoms in total. The molecule has 0 bridgehead atoms. The minimum absolute atomic E-state index is 0.0926. The van der Waals surface area contributed by atoms with Crippen molar-refractivity contribution in [3.63, 3.8) is 0 Å². The third-order valence-electron chi connectivity index (χ3n) is 1.99. The molecule has 6 heteroatoms. The van der Waals surface area contributed by atoms with Gasteiger partial charge in [-0.25, -0.2) is 4.39 Å². The van der Waals surface area contributed by atoms with Crippen LogP contribution >= 0.6 is 15.9 Å². The van der Waals surface area contributed by atoms with Crippen LogP contribution in [0.25, 0.3) is 0 Å². The highest BCUT2D eigenvalue weighted by atomic mass is 79.9. The van der Waals surface area contributed by atoms with E-state index in [0.29, 0.717) is 0 Å². The molecule has 0 aliphatic heterocycles. The lowest BCUT2D eigenvalue weighted by Gasteiger charge is -2.13. The molecule has 0 spiro atoms. The van der Waals surface area contributed by atoms with Crippen LogP contribution in [-0.4, -0.2) is 22.7 Å². The number of carboxylic acids is 1. The number of phenolic OH excluding ortho intramolecular Hbond substituents is 1. The first-order valence-corrected chi connectivity index (χ1v) is 4.88. The van der Waals surface area contributed by atoms with E-state index in [2.05, 4.69) is 15.9 Å². The van der Waals surface area contributed by atoms with E-state index in [1.54, 1.807) is 0 Å². The maximum absolute atomic E-state index is 13.5. The normalized spacial score (nSPS) is 12.5. The van der Waals surface area contributed by atoms with Gasteiger partial charge in [-0.2, -0.15) is 0 Å².